The van der Waals surface area contributed by atoms with Crippen LogP contribution in [0.2, 0.25) is 5.02 Å². The lowest BCUT2D eigenvalue weighted by Crippen LogP contribution is -2.44. The van der Waals surface area contributed by atoms with Crippen LogP contribution in [0.15, 0.2) is 18.2 Å². The number of hydrogen-bond acceptors (Lipinski definition) is 3. The number of morpholine rings is 1. The van der Waals surface area contributed by atoms with Crippen molar-refractivity contribution in [1.82, 2.24) is 9.66 Å². The van der Waals surface area contributed by atoms with E-state index in [4.69, 9.17) is 27.9 Å². The Kier molecular flexibility index (Phi) is 3.56. The van der Waals surface area contributed by atoms with Crippen LogP contribution < -0.4 is 5.01 Å². The first-order valence-corrected chi connectivity index (χ1v) is 7.14. The van der Waals surface area contributed by atoms with Crippen LogP contribution in [0.1, 0.15) is 18.1 Å². The number of rotatable bonds is 2. The van der Waals surface area contributed by atoms with Crippen molar-refractivity contribution < 1.29 is 4.74 Å². The first-order chi connectivity index (χ1) is 9.18. The molecule has 19 heavy (non-hydrogen) atoms. The molecule has 2 heterocycles. The molecule has 1 aromatic heterocycles. The highest BCUT2D eigenvalue weighted by atomic mass is 35.5. The third kappa shape index (κ3) is 2.29. The molecule has 1 aromatic carbocycles. The van der Waals surface area contributed by atoms with Gasteiger partial charge in [-0.25, -0.2) is 9.66 Å². The van der Waals surface area contributed by atoms with Crippen LogP contribution >= 0.6 is 23.2 Å². The van der Waals surface area contributed by atoms with E-state index in [9.17, 15) is 0 Å². The molecule has 102 valence electrons. The van der Waals surface area contributed by atoms with Crippen molar-refractivity contribution in [3.05, 3.63) is 29.0 Å². The average Bonchev–Trinajstić information content (AvgIpc) is 2.81. The number of imidazole rings is 1. The Morgan fingerprint density at radius 2 is 2.05 bits per heavy atom. The predicted octanol–water partition coefficient (Wildman–Crippen LogP) is 2.96. The number of ether oxygens (including phenoxy) is 1. The molecule has 1 saturated heterocycles. The molecule has 6 heteroatoms. The molecule has 3 rings (SSSR count). The van der Waals surface area contributed by atoms with Gasteiger partial charge in [0.25, 0.3) is 0 Å². The van der Waals surface area contributed by atoms with Crippen molar-refractivity contribution in [2.45, 2.75) is 12.3 Å². The van der Waals surface area contributed by atoms with E-state index in [0.29, 0.717) is 18.2 Å². The molecule has 1 aliphatic rings. The highest BCUT2D eigenvalue weighted by molar-refractivity contribution is 6.35. The van der Waals surface area contributed by atoms with Crippen LogP contribution in [0.5, 0.6) is 0 Å². The lowest BCUT2D eigenvalue weighted by atomic mass is 10.3. The molecule has 0 radical (unpaired) electrons. The van der Waals surface area contributed by atoms with Crippen LogP contribution in [0.25, 0.3) is 11.0 Å². The summed E-state index contributed by atoms with van der Waals surface area (Å²) in [6.45, 7) is 4.97. The van der Waals surface area contributed by atoms with E-state index in [2.05, 4.69) is 14.7 Å². The normalized spacial score (nSPS) is 17.9. The van der Waals surface area contributed by atoms with Gasteiger partial charge >= 0.3 is 0 Å². The Bertz CT molecular complexity index is 591. The fraction of sp³-hybridized carbons (Fsp3) is 0.462. The Labute approximate surface area is 121 Å². The van der Waals surface area contributed by atoms with E-state index in [0.717, 1.165) is 29.9 Å². The zero-order chi connectivity index (χ0) is 13.4. The molecule has 2 aromatic rings. The highest BCUT2D eigenvalue weighted by Crippen LogP contribution is 2.29. The van der Waals surface area contributed by atoms with Crippen molar-refractivity contribution in [3.8, 4) is 0 Å². The Hall–Kier alpha value is -0.970. The van der Waals surface area contributed by atoms with Gasteiger partial charge in [-0.15, -0.1) is 11.6 Å². The smallest absolute Gasteiger partial charge is 0.146 e. The van der Waals surface area contributed by atoms with E-state index >= 15 is 0 Å². The summed E-state index contributed by atoms with van der Waals surface area (Å²) in [6, 6.07) is 5.75. The van der Waals surface area contributed by atoms with Gasteiger partial charge in [0.15, 0.2) is 0 Å². The average molecular weight is 300 g/mol. The predicted molar refractivity (Wildman–Crippen MR) is 77.8 cm³/mol. The number of fused-ring (bicyclic) bond motifs is 1. The maximum Gasteiger partial charge on any atom is 0.146 e. The number of benzene rings is 1. The summed E-state index contributed by atoms with van der Waals surface area (Å²) < 4.78 is 7.45. The zero-order valence-electron chi connectivity index (χ0n) is 10.6. The van der Waals surface area contributed by atoms with Crippen molar-refractivity contribution in [3.63, 3.8) is 0 Å². The molecule has 0 N–H and O–H groups in total. The number of halogens is 2. The molecule has 1 fully saturated rings. The van der Waals surface area contributed by atoms with Gasteiger partial charge in [-0.3, -0.25) is 0 Å². The molecule has 0 amide bonds. The Morgan fingerprint density at radius 3 is 2.74 bits per heavy atom. The fourth-order valence-corrected chi connectivity index (χ4v) is 2.78. The SMILES string of the molecule is CC(Cl)c1nc2cccc(Cl)c2n1N1CCOCC1. The molecular formula is C13H15Cl2N3O. The quantitative estimate of drug-likeness (QED) is 0.799. The van der Waals surface area contributed by atoms with E-state index in [-0.39, 0.29) is 5.38 Å². The van der Waals surface area contributed by atoms with Crippen LogP contribution in [-0.4, -0.2) is 36.0 Å². The minimum atomic E-state index is -0.175. The van der Waals surface area contributed by atoms with Crippen LogP contribution in [0.3, 0.4) is 0 Å². The maximum atomic E-state index is 6.34. The summed E-state index contributed by atoms with van der Waals surface area (Å²) in [5.74, 6) is 0.826. The van der Waals surface area contributed by atoms with Crippen molar-refractivity contribution in [2.24, 2.45) is 0 Å². The highest BCUT2D eigenvalue weighted by Gasteiger charge is 2.22. The summed E-state index contributed by atoms with van der Waals surface area (Å²) in [5.41, 5.74) is 1.80. The van der Waals surface area contributed by atoms with E-state index in [1.54, 1.807) is 0 Å². The lowest BCUT2D eigenvalue weighted by Gasteiger charge is -2.31. The molecule has 0 aliphatic carbocycles. The molecule has 1 unspecified atom stereocenters. The molecule has 0 bridgehead atoms. The van der Waals surface area contributed by atoms with E-state index in [1.165, 1.54) is 0 Å². The number of para-hydroxylation sites is 1. The van der Waals surface area contributed by atoms with Crippen molar-refractivity contribution in [1.29, 1.82) is 0 Å². The maximum absolute atomic E-state index is 6.34. The van der Waals surface area contributed by atoms with Gasteiger partial charge in [0.05, 0.1) is 42.2 Å². The van der Waals surface area contributed by atoms with Gasteiger partial charge in [-0.05, 0) is 19.1 Å². The second kappa shape index (κ2) is 5.19. The number of hydrogen-bond donors (Lipinski definition) is 0. The standard InChI is InChI=1S/C13H15Cl2N3O/c1-9(14)13-16-11-4-2-3-10(15)12(11)18(13)17-5-7-19-8-6-17/h2-4,9H,5-8H2,1H3. The van der Waals surface area contributed by atoms with Crippen LogP contribution in [-0.2, 0) is 4.74 Å². The molecular weight excluding hydrogens is 285 g/mol. The van der Waals surface area contributed by atoms with Crippen LogP contribution in [0.4, 0.5) is 0 Å². The molecule has 1 atom stereocenters. The fourth-order valence-electron chi connectivity index (χ4n) is 2.39. The van der Waals surface area contributed by atoms with Crippen molar-refractivity contribution >= 4 is 34.2 Å². The van der Waals surface area contributed by atoms with E-state index in [1.807, 2.05) is 25.1 Å². The van der Waals surface area contributed by atoms with Crippen LogP contribution in [0, 0.1) is 0 Å². The van der Waals surface area contributed by atoms with Gasteiger partial charge in [-0.1, -0.05) is 17.7 Å². The van der Waals surface area contributed by atoms with Gasteiger partial charge in [-0.2, -0.15) is 0 Å². The van der Waals surface area contributed by atoms with Gasteiger partial charge < -0.3 is 9.75 Å². The van der Waals surface area contributed by atoms with E-state index < -0.39 is 0 Å². The second-order valence-electron chi connectivity index (χ2n) is 4.57. The minimum absolute atomic E-state index is 0.175. The first-order valence-electron chi connectivity index (χ1n) is 6.32. The third-order valence-corrected chi connectivity index (χ3v) is 3.76. The zero-order valence-corrected chi connectivity index (χ0v) is 12.2. The Morgan fingerprint density at radius 1 is 1.32 bits per heavy atom. The minimum Gasteiger partial charge on any atom is -0.378 e. The topological polar surface area (TPSA) is 30.3 Å². The molecule has 4 nitrogen and oxygen atoms in total. The summed E-state index contributed by atoms with van der Waals surface area (Å²) in [6.07, 6.45) is 0. The van der Waals surface area contributed by atoms with Gasteiger partial charge in [0.1, 0.15) is 11.3 Å². The number of nitrogens with zero attached hydrogens (tertiary/aromatic N) is 3. The summed E-state index contributed by atoms with van der Waals surface area (Å²) in [7, 11) is 0. The number of aromatic nitrogens is 2. The largest absolute Gasteiger partial charge is 0.378 e. The van der Waals surface area contributed by atoms with Gasteiger partial charge in [0.2, 0.25) is 0 Å². The summed E-state index contributed by atoms with van der Waals surface area (Å²) in [4.78, 5) is 4.61. The molecule has 0 saturated carbocycles. The van der Waals surface area contributed by atoms with Crippen molar-refractivity contribution in [2.75, 3.05) is 31.3 Å². The lowest BCUT2D eigenvalue weighted by molar-refractivity contribution is 0.111. The summed E-state index contributed by atoms with van der Waals surface area (Å²) in [5, 5.41) is 2.71. The Balaban J connectivity index is 2.20. The first kappa shape index (κ1) is 13.0. The monoisotopic (exact) mass is 299 g/mol. The molecule has 0 spiro atoms. The summed E-state index contributed by atoms with van der Waals surface area (Å²) >= 11 is 12.6. The molecule has 1 aliphatic heterocycles. The number of alkyl halides is 1. The second-order valence-corrected chi connectivity index (χ2v) is 5.63. The van der Waals surface area contributed by atoms with Gasteiger partial charge in [0, 0.05) is 0 Å². The third-order valence-electron chi connectivity index (χ3n) is 3.26.